The van der Waals surface area contributed by atoms with Crippen LogP contribution in [0.5, 0.6) is 46.0 Å². The average Bonchev–Trinajstić information content (AvgIpc) is 0.740. The van der Waals surface area contributed by atoms with Gasteiger partial charge in [-0.25, -0.2) is 9.59 Å². The standard InChI is InChI=1S/C25H22O2.C23H30O4.C21H20O2.C12H16O3.2C10H14O/c1-3-17(2)18-10-12-24(13-11-18)27-25(26)22-9-8-21-14-19-6-4-5-7-20(19)15-23(21)16-22;1-4-22(2,3)20(24)26-18-5-7-19(8-6-18)27-21(25)23-12-15-9-16(13-23)11-17(10-15)14-23;1-3-15(2)16-10-12-20(13-11-16)23-21(22)19-9-8-17-6-4-5-7-18(17)14-19;1-4-12(2,3)11(14)15-10-7-5-9(13)6-8-10;2*1-3-8(2)9-4-6-10(11)7-5-9/h4-17H,3H2,1-2H3;5-8,15-17H,4,9-14H2,1-3H3;4-15H,3H2,1-2H3;5-8,13H,4H2,1-3H3;2*4-8,11H,3H2,1-2H3. The highest BCUT2D eigenvalue weighted by Gasteiger charge is 2.55. The highest BCUT2D eigenvalue weighted by Crippen LogP contribution is 2.60. The number of rotatable bonds is 20. The predicted octanol–water partition coefficient (Wildman–Crippen LogP) is 26.0. The smallest absolute Gasteiger partial charge is 0.343 e. The van der Waals surface area contributed by atoms with E-state index in [0.29, 0.717) is 99.2 Å². The van der Waals surface area contributed by atoms with Gasteiger partial charge in [0.05, 0.1) is 27.4 Å². The van der Waals surface area contributed by atoms with E-state index < -0.39 is 10.8 Å². The predicted molar refractivity (Wildman–Crippen MR) is 459 cm³/mol. The van der Waals surface area contributed by atoms with Gasteiger partial charge in [-0.1, -0.05) is 178 Å². The lowest BCUT2D eigenvalue weighted by atomic mass is 9.49. The van der Waals surface area contributed by atoms with Crippen LogP contribution < -0.4 is 23.7 Å². The van der Waals surface area contributed by atoms with Crippen molar-refractivity contribution in [1.29, 1.82) is 0 Å². The van der Waals surface area contributed by atoms with Crippen LogP contribution in [0.4, 0.5) is 0 Å². The molecule has 4 aliphatic carbocycles. The molecule has 4 unspecified atom stereocenters. The van der Waals surface area contributed by atoms with Gasteiger partial charge in [0.25, 0.3) is 0 Å². The first kappa shape index (κ1) is 86.9. The summed E-state index contributed by atoms with van der Waals surface area (Å²) in [7, 11) is 0. The van der Waals surface area contributed by atoms with Crippen LogP contribution in [0.25, 0.3) is 32.3 Å². The second-order valence-corrected chi connectivity index (χ2v) is 32.5. The molecule has 4 aliphatic rings. The Morgan fingerprint density at radius 3 is 0.947 bits per heavy atom. The molecule has 4 fully saturated rings. The first-order valence-corrected chi connectivity index (χ1v) is 40.7. The maximum atomic E-state index is 13.0. The summed E-state index contributed by atoms with van der Waals surface area (Å²) in [6, 6.07) is 75.2. The lowest BCUT2D eigenvalue weighted by Gasteiger charge is -2.55. The molecule has 11 aromatic carbocycles. The highest BCUT2D eigenvalue weighted by atomic mass is 16.6. The van der Waals surface area contributed by atoms with Crippen LogP contribution in [-0.2, 0) is 14.4 Å². The molecule has 0 amide bonds. The van der Waals surface area contributed by atoms with Crippen molar-refractivity contribution in [3.05, 3.63) is 276 Å². The van der Waals surface area contributed by atoms with Gasteiger partial charge in [-0.05, 0) is 334 Å². The normalized spacial score (nSPS) is 16.8. The Balaban J connectivity index is 0.000000162. The van der Waals surface area contributed by atoms with E-state index in [0.717, 1.165) is 78.3 Å². The van der Waals surface area contributed by atoms with Gasteiger partial charge in [0, 0.05) is 0 Å². The first-order valence-electron chi connectivity index (χ1n) is 40.7. The molecule has 4 atom stereocenters. The summed E-state index contributed by atoms with van der Waals surface area (Å²) in [5.41, 5.74) is 4.99. The molecule has 0 heterocycles. The molecule has 3 N–H and O–H groups in total. The largest absolute Gasteiger partial charge is 0.508 e. The minimum absolute atomic E-state index is 0.0570. The topological polar surface area (TPSA) is 192 Å². The lowest BCUT2D eigenvalue weighted by molar-refractivity contribution is -0.161. The van der Waals surface area contributed by atoms with Gasteiger partial charge in [-0.3, -0.25) is 14.4 Å². The Labute approximate surface area is 675 Å². The number of esters is 5. The van der Waals surface area contributed by atoms with Gasteiger partial charge >= 0.3 is 29.8 Å². The fourth-order valence-electron chi connectivity index (χ4n) is 14.4. The number of ether oxygens (including phenoxy) is 5. The SMILES string of the molecule is CCC(C)(C)C(=O)Oc1ccc(O)cc1.CCC(C)(C)C(=O)Oc1ccc(OC(=O)C23CC4CC(CC(C4)C2)C3)cc1.CCC(C)c1ccc(O)cc1.CCC(C)c1ccc(O)cc1.CCC(C)c1ccc(OC(=O)c2ccc3cc4ccccc4cc3c2)cc1.CCC(C)c1ccc(OC(=O)c2ccc3ccccc3c2)cc1. The fraction of sp³-hybridized carbons (Fsp3) is 0.356. The molecule has 0 aromatic heterocycles. The molecule has 4 bridgehead atoms. The lowest BCUT2D eigenvalue weighted by Crippen LogP contribution is -2.51. The number of fused-ring (bicyclic) bond motifs is 3. The number of hydrogen-bond acceptors (Lipinski definition) is 13. The Morgan fingerprint density at radius 1 is 0.333 bits per heavy atom. The molecule has 15 rings (SSSR count). The number of phenols is 3. The summed E-state index contributed by atoms with van der Waals surface area (Å²) < 4.78 is 27.4. The number of aromatic hydroxyl groups is 3. The summed E-state index contributed by atoms with van der Waals surface area (Å²) in [4.78, 5) is 61.7. The van der Waals surface area contributed by atoms with Crippen molar-refractivity contribution in [1.82, 2.24) is 0 Å². The fourth-order valence-corrected chi connectivity index (χ4v) is 14.4. The number of carbonyl (C=O) groups excluding carboxylic acids is 5. The zero-order valence-electron chi connectivity index (χ0n) is 69.0. The van der Waals surface area contributed by atoms with Crippen LogP contribution in [0.1, 0.15) is 241 Å². The highest BCUT2D eigenvalue weighted by molar-refractivity contribution is 6.02. The van der Waals surface area contributed by atoms with Crippen molar-refractivity contribution >= 4 is 62.2 Å². The van der Waals surface area contributed by atoms with E-state index in [4.69, 9.17) is 39.0 Å². The van der Waals surface area contributed by atoms with E-state index in [9.17, 15) is 24.0 Å². The van der Waals surface area contributed by atoms with E-state index in [-0.39, 0.29) is 41.0 Å². The van der Waals surface area contributed by atoms with Crippen molar-refractivity contribution < 1.29 is 63.0 Å². The Kier molecular flexibility index (Phi) is 31.0. The summed E-state index contributed by atoms with van der Waals surface area (Å²) in [5.74, 6) is 6.61. The summed E-state index contributed by atoms with van der Waals surface area (Å²) >= 11 is 0. The zero-order valence-corrected chi connectivity index (χ0v) is 69.0. The average molecular weight is 1540 g/mol. The second-order valence-electron chi connectivity index (χ2n) is 32.5. The maximum absolute atomic E-state index is 13.0. The van der Waals surface area contributed by atoms with Crippen LogP contribution in [0.15, 0.2) is 243 Å². The molecular formula is C101H116O13. The van der Waals surface area contributed by atoms with Crippen molar-refractivity contribution in [3.63, 3.8) is 0 Å². The molecule has 13 nitrogen and oxygen atoms in total. The van der Waals surface area contributed by atoms with Crippen molar-refractivity contribution in [2.45, 2.75) is 198 Å². The summed E-state index contributed by atoms with van der Waals surface area (Å²) in [5, 5.41) is 33.7. The van der Waals surface area contributed by atoms with Gasteiger partial charge in [0.2, 0.25) is 0 Å². The monoisotopic (exact) mass is 1540 g/mol. The van der Waals surface area contributed by atoms with Crippen LogP contribution in [0.2, 0.25) is 0 Å². The summed E-state index contributed by atoms with van der Waals surface area (Å²) in [6.07, 6.45) is 12.8. The third-order valence-electron chi connectivity index (χ3n) is 23.3. The molecule has 598 valence electrons. The first-order chi connectivity index (χ1) is 54.5. The molecule has 0 radical (unpaired) electrons. The molecular weight excluding hydrogens is 1420 g/mol. The van der Waals surface area contributed by atoms with Crippen molar-refractivity contribution in [2.75, 3.05) is 0 Å². The van der Waals surface area contributed by atoms with Crippen LogP contribution in [0, 0.1) is 34.0 Å². The Bertz CT molecular complexity index is 4860. The number of carbonyl (C=O) groups is 5. The third kappa shape index (κ3) is 24.2. The van der Waals surface area contributed by atoms with E-state index in [1.165, 1.54) is 59.0 Å². The van der Waals surface area contributed by atoms with Gasteiger partial charge in [-0.15, -0.1) is 0 Å². The van der Waals surface area contributed by atoms with Crippen LogP contribution in [0.3, 0.4) is 0 Å². The van der Waals surface area contributed by atoms with E-state index >= 15 is 0 Å². The molecule has 11 aromatic rings. The van der Waals surface area contributed by atoms with E-state index in [1.54, 1.807) is 66.7 Å². The van der Waals surface area contributed by atoms with Crippen molar-refractivity contribution in [2.24, 2.45) is 34.0 Å². The van der Waals surface area contributed by atoms with Gasteiger partial charge in [0.15, 0.2) is 0 Å². The van der Waals surface area contributed by atoms with Gasteiger partial charge < -0.3 is 39.0 Å². The van der Waals surface area contributed by atoms with Gasteiger partial charge in [0.1, 0.15) is 46.0 Å². The molecule has 0 aliphatic heterocycles. The van der Waals surface area contributed by atoms with E-state index in [1.807, 2.05) is 181 Å². The zero-order chi connectivity index (χ0) is 82.3. The molecule has 13 heteroatoms. The third-order valence-corrected chi connectivity index (χ3v) is 23.3. The Morgan fingerprint density at radius 2 is 0.596 bits per heavy atom. The second kappa shape index (κ2) is 40.6. The molecule has 114 heavy (non-hydrogen) atoms. The van der Waals surface area contributed by atoms with Crippen LogP contribution >= 0.6 is 0 Å². The quantitative estimate of drug-likeness (QED) is 0.0371. The minimum Gasteiger partial charge on any atom is -0.508 e. The number of phenolic OH excluding ortho intramolecular Hbond substituents is 3. The molecule has 4 saturated carbocycles. The van der Waals surface area contributed by atoms with Crippen LogP contribution in [-0.4, -0.2) is 45.2 Å². The molecule has 0 saturated heterocycles. The summed E-state index contributed by atoms with van der Waals surface area (Å²) in [6.45, 7) is 28.8. The van der Waals surface area contributed by atoms with Gasteiger partial charge in [-0.2, -0.15) is 0 Å². The number of hydrogen-bond donors (Lipinski definition) is 3. The maximum Gasteiger partial charge on any atom is 0.343 e. The number of benzene rings is 11. The minimum atomic E-state index is -0.510. The van der Waals surface area contributed by atoms with E-state index in [2.05, 4.69) is 79.7 Å². The Hall–Kier alpha value is -11.1. The van der Waals surface area contributed by atoms with Crippen molar-refractivity contribution in [3.8, 4) is 46.0 Å². The molecule has 0 spiro atoms.